The summed E-state index contributed by atoms with van der Waals surface area (Å²) < 4.78 is 16.0. The smallest absolute Gasteiger partial charge is 0.497 e. The van der Waals surface area contributed by atoms with Crippen LogP contribution in [-0.4, -0.2) is 55.4 Å². The summed E-state index contributed by atoms with van der Waals surface area (Å²) in [7, 11) is 1.58. The molecule has 1 aliphatic rings. The van der Waals surface area contributed by atoms with Crippen LogP contribution >= 0.6 is 15.9 Å². The van der Waals surface area contributed by atoms with E-state index in [0.29, 0.717) is 43.1 Å². The maximum Gasteiger partial charge on any atom is 0.513 e. The molecule has 3 aromatic rings. The van der Waals surface area contributed by atoms with E-state index < -0.39 is 6.16 Å². The van der Waals surface area contributed by atoms with Crippen molar-refractivity contribution in [2.75, 3.05) is 38.2 Å². The van der Waals surface area contributed by atoms with E-state index in [2.05, 4.69) is 25.6 Å². The number of hydrogen-bond acceptors (Lipinski definition) is 6. The predicted octanol–water partition coefficient (Wildman–Crippen LogP) is 4.22. The van der Waals surface area contributed by atoms with Gasteiger partial charge in [-0.1, -0.05) is 6.07 Å². The Morgan fingerprint density at radius 2 is 1.87 bits per heavy atom. The Labute approximate surface area is 180 Å². The Morgan fingerprint density at radius 3 is 2.57 bits per heavy atom. The number of halogens is 1. The molecule has 1 saturated heterocycles. The largest absolute Gasteiger partial charge is 0.513 e. The van der Waals surface area contributed by atoms with E-state index in [4.69, 9.17) is 14.3 Å². The first kappa shape index (κ1) is 20.1. The number of ether oxygens (including phenoxy) is 2. The number of fused-ring (bicyclic) bond motifs is 1. The van der Waals surface area contributed by atoms with Gasteiger partial charge >= 0.3 is 6.16 Å². The quantitative estimate of drug-likeness (QED) is 0.565. The topological polar surface area (TPSA) is 92.5 Å². The Bertz CT molecular complexity index is 1100. The van der Waals surface area contributed by atoms with Gasteiger partial charge in [0.15, 0.2) is 0 Å². The second kappa shape index (κ2) is 8.27. The number of amides is 1. The van der Waals surface area contributed by atoms with Crippen molar-refractivity contribution in [2.24, 2.45) is 0 Å². The fraction of sp³-hybridized carbons (Fsp3) is 0.238. The number of carbonyl (C=O) groups excluding carboxylic acids is 1. The van der Waals surface area contributed by atoms with E-state index in [-0.39, 0.29) is 11.9 Å². The number of furan rings is 1. The van der Waals surface area contributed by atoms with E-state index in [0.717, 1.165) is 15.5 Å². The van der Waals surface area contributed by atoms with Crippen LogP contribution < -0.4 is 14.4 Å². The lowest BCUT2D eigenvalue weighted by Gasteiger charge is -2.36. The molecule has 30 heavy (non-hydrogen) atoms. The van der Waals surface area contributed by atoms with Crippen molar-refractivity contribution in [1.82, 2.24) is 4.90 Å². The molecule has 9 heteroatoms. The summed E-state index contributed by atoms with van der Waals surface area (Å²) in [5, 5.41) is 9.48. The van der Waals surface area contributed by atoms with Gasteiger partial charge < -0.3 is 28.8 Å². The van der Waals surface area contributed by atoms with Crippen molar-refractivity contribution < 1.29 is 28.6 Å². The first-order chi connectivity index (χ1) is 14.5. The molecule has 2 aromatic carbocycles. The van der Waals surface area contributed by atoms with Crippen molar-refractivity contribution in [3.05, 3.63) is 52.5 Å². The zero-order chi connectivity index (χ0) is 21.3. The van der Waals surface area contributed by atoms with E-state index in [1.54, 1.807) is 31.4 Å². The number of rotatable bonds is 4. The third-order valence-electron chi connectivity index (χ3n) is 5.00. The lowest BCUT2D eigenvalue weighted by molar-refractivity contribution is 0.0746. The SMILES string of the molecule is COc1cccc(C(=O)N2CCN(c3ccc4oc(OC(=O)O)cc4c3Br)CC2)c1. The number of hydrogen-bond donors (Lipinski definition) is 1. The van der Waals surface area contributed by atoms with Gasteiger partial charge in [0, 0.05) is 43.2 Å². The molecule has 0 spiro atoms. The summed E-state index contributed by atoms with van der Waals surface area (Å²) in [6, 6.07) is 12.4. The molecule has 2 heterocycles. The average Bonchev–Trinajstić information content (AvgIpc) is 3.16. The number of carbonyl (C=O) groups is 2. The van der Waals surface area contributed by atoms with Gasteiger partial charge in [0.25, 0.3) is 11.9 Å². The summed E-state index contributed by atoms with van der Waals surface area (Å²) in [6.45, 7) is 2.49. The van der Waals surface area contributed by atoms with Gasteiger partial charge in [0.1, 0.15) is 11.3 Å². The standard InChI is InChI=1S/C21H19BrN2O6/c1-28-14-4-2-3-13(11-14)20(25)24-9-7-23(8-10-24)16-5-6-17-15(19(16)22)12-18(29-17)30-21(26)27/h2-6,11-12H,7-10H2,1H3,(H,26,27). The number of anilines is 1. The van der Waals surface area contributed by atoms with E-state index in [1.165, 1.54) is 0 Å². The van der Waals surface area contributed by atoms with Crippen LogP contribution in [0.25, 0.3) is 11.0 Å². The molecule has 0 atom stereocenters. The second-order valence-corrected chi connectivity index (χ2v) is 7.55. The highest BCUT2D eigenvalue weighted by Crippen LogP contribution is 2.38. The molecule has 1 amide bonds. The molecule has 1 aromatic heterocycles. The number of benzene rings is 2. The molecule has 1 aliphatic heterocycles. The Morgan fingerprint density at radius 1 is 1.10 bits per heavy atom. The summed E-state index contributed by atoms with van der Waals surface area (Å²) >= 11 is 3.59. The minimum absolute atomic E-state index is 0.0200. The van der Waals surface area contributed by atoms with E-state index in [9.17, 15) is 9.59 Å². The molecule has 156 valence electrons. The van der Waals surface area contributed by atoms with Gasteiger partial charge in [-0.2, -0.15) is 0 Å². The summed E-state index contributed by atoms with van der Waals surface area (Å²) in [6.07, 6.45) is -1.43. The molecule has 0 unspecified atom stereocenters. The average molecular weight is 475 g/mol. The van der Waals surface area contributed by atoms with Crippen LogP contribution in [0.2, 0.25) is 0 Å². The van der Waals surface area contributed by atoms with Crippen molar-refractivity contribution in [3.8, 4) is 11.7 Å². The molecular weight excluding hydrogens is 456 g/mol. The molecular formula is C21H19BrN2O6. The molecule has 0 radical (unpaired) electrons. The van der Waals surface area contributed by atoms with Gasteiger partial charge in [0.05, 0.1) is 17.3 Å². The zero-order valence-corrected chi connectivity index (χ0v) is 17.7. The van der Waals surface area contributed by atoms with E-state index >= 15 is 0 Å². The monoisotopic (exact) mass is 474 g/mol. The second-order valence-electron chi connectivity index (χ2n) is 6.76. The van der Waals surface area contributed by atoms with Crippen LogP contribution in [0.4, 0.5) is 10.5 Å². The fourth-order valence-corrected chi connectivity index (χ4v) is 4.21. The Kier molecular flexibility index (Phi) is 5.54. The number of nitrogens with zero attached hydrogens (tertiary/aromatic N) is 2. The number of piperazine rings is 1. The minimum Gasteiger partial charge on any atom is -0.497 e. The van der Waals surface area contributed by atoms with Crippen LogP contribution in [0.5, 0.6) is 11.7 Å². The normalized spacial score (nSPS) is 14.1. The van der Waals surface area contributed by atoms with Crippen LogP contribution in [-0.2, 0) is 0 Å². The van der Waals surface area contributed by atoms with Crippen molar-refractivity contribution in [2.45, 2.75) is 0 Å². The molecule has 1 N–H and O–H groups in total. The maximum atomic E-state index is 12.8. The van der Waals surface area contributed by atoms with Gasteiger partial charge in [0.2, 0.25) is 0 Å². The van der Waals surface area contributed by atoms with Crippen LogP contribution in [0, 0.1) is 0 Å². The first-order valence-corrected chi connectivity index (χ1v) is 10.1. The van der Waals surface area contributed by atoms with Crippen molar-refractivity contribution in [3.63, 3.8) is 0 Å². The third-order valence-corrected chi connectivity index (χ3v) is 5.84. The van der Waals surface area contributed by atoms with Crippen LogP contribution in [0.1, 0.15) is 10.4 Å². The molecule has 0 bridgehead atoms. The Balaban J connectivity index is 1.48. The van der Waals surface area contributed by atoms with E-state index in [1.807, 2.05) is 23.1 Å². The van der Waals surface area contributed by atoms with Crippen molar-refractivity contribution >= 4 is 44.6 Å². The molecule has 8 nitrogen and oxygen atoms in total. The molecule has 0 saturated carbocycles. The van der Waals surface area contributed by atoms with Crippen LogP contribution in [0.15, 0.2) is 51.4 Å². The fourth-order valence-electron chi connectivity index (χ4n) is 3.51. The van der Waals surface area contributed by atoms with Crippen LogP contribution in [0.3, 0.4) is 0 Å². The van der Waals surface area contributed by atoms with Gasteiger partial charge in [-0.15, -0.1) is 0 Å². The highest BCUT2D eigenvalue weighted by molar-refractivity contribution is 9.10. The minimum atomic E-state index is -1.43. The molecule has 4 rings (SSSR count). The van der Waals surface area contributed by atoms with Gasteiger partial charge in [-0.05, 0) is 46.3 Å². The molecule has 1 fully saturated rings. The lowest BCUT2D eigenvalue weighted by Crippen LogP contribution is -2.48. The Hall–Kier alpha value is -3.20. The van der Waals surface area contributed by atoms with Gasteiger partial charge in [-0.3, -0.25) is 4.79 Å². The number of carboxylic acid groups (broad SMARTS) is 1. The predicted molar refractivity (Wildman–Crippen MR) is 114 cm³/mol. The zero-order valence-electron chi connectivity index (χ0n) is 16.1. The highest BCUT2D eigenvalue weighted by Gasteiger charge is 2.24. The summed E-state index contributed by atoms with van der Waals surface area (Å²) in [5.41, 5.74) is 2.07. The van der Waals surface area contributed by atoms with Crippen molar-refractivity contribution in [1.29, 1.82) is 0 Å². The van der Waals surface area contributed by atoms with Gasteiger partial charge in [-0.25, -0.2) is 4.79 Å². The molecule has 0 aliphatic carbocycles. The summed E-state index contributed by atoms with van der Waals surface area (Å²) in [4.78, 5) is 27.5. The highest BCUT2D eigenvalue weighted by atomic mass is 79.9. The first-order valence-electron chi connectivity index (χ1n) is 9.27. The maximum absolute atomic E-state index is 12.8. The lowest BCUT2D eigenvalue weighted by atomic mass is 10.1. The number of methoxy groups -OCH3 is 1. The third kappa shape index (κ3) is 3.93. The summed E-state index contributed by atoms with van der Waals surface area (Å²) in [5.74, 6) is 0.556.